The van der Waals surface area contributed by atoms with Gasteiger partial charge in [-0.25, -0.2) is 9.97 Å². The van der Waals surface area contributed by atoms with Crippen molar-refractivity contribution >= 4 is 54.6 Å². The fourth-order valence-corrected chi connectivity index (χ4v) is 6.25. The molecule has 196 valence electrons. The van der Waals surface area contributed by atoms with Gasteiger partial charge in [0.15, 0.2) is 11.5 Å². The zero-order chi connectivity index (χ0) is 27.6. The number of nitrogens with zero attached hydrogens (tertiary/aromatic N) is 3. The molecule has 9 rings (SSSR count). The van der Waals surface area contributed by atoms with Crippen molar-refractivity contribution in [1.29, 1.82) is 0 Å². The lowest BCUT2D eigenvalue weighted by molar-refractivity contribution is 0.673. The third kappa shape index (κ3) is 3.36. The number of aromatic nitrogens is 3. The summed E-state index contributed by atoms with van der Waals surface area (Å²) in [5.74, 6) is 0.799. The molecule has 0 spiro atoms. The third-order valence-corrected chi connectivity index (χ3v) is 8.20. The molecule has 0 atom stereocenters. The van der Waals surface area contributed by atoms with E-state index >= 15 is 0 Å². The summed E-state index contributed by atoms with van der Waals surface area (Å²) in [6.45, 7) is 0. The van der Waals surface area contributed by atoms with Crippen molar-refractivity contribution in [2.75, 3.05) is 0 Å². The molecule has 0 unspecified atom stereocenters. The van der Waals surface area contributed by atoms with Crippen molar-refractivity contribution in [2.24, 2.45) is 0 Å². The van der Waals surface area contributed by atoms with Crippen LogP contribution in [0.4, 0.5) is 0 Å². The summed E-state index contributed by atoms with van der Waals surface area (Å²) in [6, 6.07) is 48.3. The molecule has 3 heterocycles. The van der Waals surface area contributed by atoms with Crippen LogP contribution in [0.3, 0.4) is 0 Å². The van der Waals surface area contributed by atoms with Crippen LogP contribution < -0.4 is 0 Å². The highest BCUT2D eigenvalue weighted by Gasteiger charge is 2.22. The molecule has 0 bridgehead atoms. The van der Waals surface area contributed by atoms with Crippen LogP contribution in [-0.2, 0) is 0 Å². The average Bonchev–Trinajstić information content (AvgIpc) is 3.64. The van der Waals surface area contributed by atoms with E-state index in [0.29, 0.717) is 0 Å². The molecule has 3 aromatic heterocycles. The largest absolute Gasteiger partial charge is 0.455 e. The van der Waals surface area contributed by atoms with E-state index in [-0.39, 0.29) is 0 Å². The molecular formula is C38H23N3O. The molecule has 0 aliphatic rings. The van der Waals surface area contributed by atoms with Gasteiger partial charge in [-0.3, -0.25) is 4.57 Å². The van der Waals surface area contributed by atoms with Crippen LogP contribution in [0.5, 0.6) is 0 Å². The minimum absolute atomic E-state index is 0.799. The van der Waals surface area contributed by atoms with Crippen LogP contribution in [0.15, 0.2) is 144 Å². The maximum atomic E-state index is 6.87. The lowest BCUT2D eigenvalue weighted by Gasteiger charge is -2.10. The van der Waals surface area contributed by atoms with Gasteiger partial charge in [0.1, 0.15) is 16.7 Å². The van der Waals surface area contributed by atoms with Gasteiger partial charge in [0, 0.05) is 27.4 Å². The molecule has 0 aliphatic heterocycles. The van der Waals surface area contributed by atoms with Crippen molar-refractivity contribution in [3.63, 3.8) is 0 Å². The number of pyridine rings is 1. The van der Waals surface area contributed by atoms with Gasteiger partial charge in [0.05, 0.1) is 11.3 Å². The Bertz CT molecular complexity index is 2460. The normalized spacial score (nSPS) is 11.8. The fourth-order valence-electron chi connectivity index (χ4n) is 6.25. The van der Waals surface area contributed by atoms with E-state index in [0.717, 1.165) is 72.2 Å². The van der Waals surface area contributed by atoms with E-state index < -0.39 is 0 Å². The molecule has 4 nitrogen and oxygen atoms in total. The Balaban J connectivity index is 1.37. The van der Waals surface area contributed by atoms with Gasteiger partial charge in [-0.1, -0.05) is 103 Å². The van der Waals surface area contributed by atoms with E-state index in [1.165, 1.54) is 10.8 Å². The first-order valence-corrected chi connectivity index (χ1v) is 14.1. The molecule has 0 N–H and O–H groups in total. The first-order valence-electron chi connectivity index (χ1n) is 14.1. The number of rotatable bonds is 3. The second kappa shape index (κ2) is 8.88. The molecule has 0 fully saturated rings. The first kappa shape index (κ1) is 23.0. The Labute approximate surface area is 241 Å². The van der Waals surface area contributed by atoms with Gasteiger partial charge in [-0.05, 0) is 52.6 Å². The summed E-state index contributed by atoms with van der Waals surface area (Å²) >= 11 is 0. The Morgan fingerprint density at radius 2 is 1.21 bits per heavy atom. The number of fused-ring (bicyclic) bond motifs is 8. The maximum absolute atomic E-state index is 6.87. The zero-order valence-corrected chi connectivity index (χ0v) is 22.5. The second-order valence-corrected chi connectivity index (χ2v) is 10.6. The maximum Gasteiger partial charge on any atom is 0.165 e. The Hall–Kier alpha value is -5.74. The number of imidazole rings is 1. The number of para-hydroxylation sites is 2. The van der Waals surface area contributed by atoms with Gasteiger partial charge in [0.2, 0.25) is 0 Å². The molecule has 0 aliphatic carbocycles. The lowest BCUT2D eigenvalue weighted by Crippen LogP contribution is -1.99. The quantitative estimate of drug-likeness (QED) is 0.211. The predicted molar refractivity (Wildman–Crippen MR) is 172 cm³/mol. The summed E-state index contributed by atoms with van der Waals surface area (Å²) in [5.41, 5.74) is 7.27. The van der Waals surface area contributed by atoms with Crippen LogP contribution in [-0.4, -0.2) is 14.5 Å². The summed E-state index contributed by atoms with van der Waals surface area (Å²) in [5, 5.41) is 6.86. The van der Waals surface area contributed by atoms with Crippen LogP contribution in [0.1, 0.15) is 0 Å². The van der Waals surface area contributed by atoms with E-state index in [9.17, 15) is 0 Å². The van der Waals surface area contributed by atoms with Gasteiger partial charge >= 0.3 is 0 Å². The number of hydrogen-bond donors (Lipinski definition) is 0. The summed E-state index contributed by atoms with van der Waals surface area (Å²) in [6.07, 6.45) is 0. The van der Waals surface area contributed by atoms with Crippen molar-refractivity contribution in [3.8, 4) is 28.3 Å². The molecule has 6 aromatic carbocycles. The zero-order valence-electron chi connectivity index (χ0n) is 22.5. The molecule has 42 heavy (non-hydrogen) atoms. The third-order valence-electron chi connectivity index (χ3n) is 8.20. The highest BCUT2D eigenvalue weighted by Crippen LogP contribution is 2.41. The van der Waals surface area contributed by atoms with Crippen LogP contribution >= 0.6 is 0 Å². The predicted octanol–water partition coefficient (Wildman–Crippen LogP) is 9.96. The lowest BCUT2D eigenvalue weighted by atomic mass is 9.99. The first-order chi connectivity index (χ1) is 20.8. The number of hydrogen-bond acceptors (Lipinski definition) is 3. The van der Waals surface area contributed by atoms with Gasteiger partial charge in [-0.15, -0.1) is 0 Å². The van der Waals surface area contributed by atoms with E-state index in [1.54, 1.807) is 0 Å². The molecule has 9 aromatic rings. The molecule has 4 heteroatoms. The summed E-state index contributed by atoms with van der Waals surface area (Å²) in [4.78, 5) is 10.3. The van der Waals surface area contributed by atoms with E-state index in [4.69, 9.17) is 14.4 Å². The van der Waals surface area contributed by atoms with Gasteiger partial charge < -0.3 is 4.42 Å². The smallest absolute Gasteiger partial charge is 0.165 e. The molecular weight excluding hydrogens is 514 g/mol. The Morgan fingerprint density at radius 3 is 2.10 bits per heavy atom. The van der Waals surface area contributed by atoms with E-state index in [2.05, 4.69) is 102 Å². The fraction of sp³-hybridized carbons (Fsp3) is 0. The van der Waals surface area contributed by atoms with Crippen molar-refractivity contribution in [1.82, 2.24) is 14.5 Å². The minimum Gasteiger partial charge on any atom is -0.455 e. The topological polar surface area (TPSA) is 43.9 Å². The second-order valence-electron chi connectivity index (χ2n) is 10.6. The van der Waals surface area contributed by atoms with Crippen molar-refractivity contribution in [3.05, 3.63) is 140 Å². The van der Waals surface area contributed by atoms with Gasteiger partial charge in [0.25, 0.3) is 0 Å². The van der Waals surface area contributed by atoms with Crippen LogP contribution in [0.25, 0.3) is 83.0 Å². The average molecular weight is 538 g/mol. The molecule has 0 radical (unpaired) electrons. The molecule has 0 amide bonds. The Morgan fingerprint density at radius 1 is 0.500 bits per heavy atom. The SMILES string of the molecule is c1ccc(-c2ccc3nc(-c4cccc5c4oc4c5ccc5ccc6ccccc6c54)n(-c4ccccc4)c3n2)cc1. The molecule has 0 saturated heterocycles. The number of benzene rings is 6. The minimum atomic E-state index is 0.799. The monoisotopic (exact) mass is 537 g/mol. The summed E-state index contributed by atoms with van der Waals surface area (Å²) in [7, 11) is 0. The van der Waals surface area contributed by atoms with E-state index in [1.807, 2.05) is 42.5 Å². The van der Waals surface area contributed by atoms with Crippen molar-refractivity contribution < 1.29 is 4.42 Å². The molecule has 0 saturated carbocycles. The van der Waals surface area contributed by atoms with Crippen LogP contribution in [0.2, 0.25) is 0 Å². The standard InChI is InChI=1S/C38H23N3O/c1-3-11-25(12-4-1)32-22-23-33-38(39-32)41(27-13-5-2-6-14-27)37(40-33)31-17-9-16-29-30-21-20-26-19-18-24-10-7-8-15-28(24)34(26)36(30)42-35(29)31/h1-23H. The van der Waals surface area contributed by atoms with Crippen molar-refractivity contribution in [2.45, 2.75) is 0 Å². The van der Waals surface area contributed by atoms with Gasteiger partial charge in [-0.2, -0.15) is 0 Å². The summed E-state index contributed by atoms with van der Waals surface area (Å²) < 4.78 is 9.02. The highest BCUT2D eigenvalue weighted by molar-refractivity contribution is 6.23. The highest BCUT2D eigenvalue weighted by atomic mass is 16.3. The number of furan rings is 1. The van der Waals surface area contributed by atoms with Crippen LogP contribution in [0, 0.1) is 0 Å². The Kier molecular flexibility index (Phi) is 4.87.